The second-order valence-electron chi connectivity index (χ2n) is 5.96. The van der Waals surface area contributed by atoms with E-state index in [1.807, 2.05) is 66.7 Å². The topological polar surface area (TPSA) is 63.8 Å². The highest BCUT2D eigenvalue weighted by Crippen LogP contribution is 2.28. The van der Waals surface area contributed by atoms with Crippen molar-refractivity contribution in [2.45, 2.75) is 13.2 Å². The molecular weight excluding hydrogens is 352 g/mol. The third-order valence-electron chi connectivity index (χ3n) is 4.06. The molecular formula is C23H20N2O3. The molecule has 0 bridgehead atoms. The number of hydrogen-bond donors (Lipinski definition) is 0. The third-order valence-corrected chi connectivity index (χ3v) is 4.06. The fourth-order valence-electron chi connectivity index (χ4n) is 2.58. The zero-order valence-corrected chi connectivity index (χ0v) is 15.5. The minimum Gasteiger partial charge on any atom is -0.493 e. The smallest absolute Gasteiger partial charge is 0.162 e. The van der Waals surface area contributed by atoms with Crippen molar-refractivity contribution in [3.8, 4) is 17.6 Å². The molecule has 0 radical (unpaired) electrons. The fraction of sp³-hybridized carbons (Fsp3) is 0.130. The van der Waals surface area contributed by atoms with Crippen LogP contribution in [0.15, 0.2) is 78.0 Å². The van der Waals surface area contributed by atoms with Crippen LogP contribution in [0.1, 0.15) is 22.3 Å². The summed E-state index contributed by atoms with van der Waals surface area (Å²) < 4.78 is 11.3. The van der Waals surface area contributed by atoms with Gasteiger partial charge in [-0.05, 0) is 29.8 Å². The van der Waals surface area contributed by atoms with E-state index in [0.29, 0.717) is 23.7 Å². The van der Waals surface area contributed by atoms with Crippen molar-refractivity contribution in [3.63, 3.8) is 0 Å². The number of oxime groups is 1. The van der Waals surface area contributed by atoms with Gasteiger partial charge in [-0.25, -0.2) is 0 Å². The minimum absolute atomic E-state index is 0.230. The SMILES string of the molecule is COc1ccc(/C=N\OCc2ccccc2C#N)cc1OCc1ccccc1. The Morgan fingerprint density at radius 3 is 2.50 bits per heavy atom. The second kappa shape index (κ2) is 9.79. The van der Waals surface area contributed by atoms with Crippen molar-refractivity contribution in [2.24, 2.45) is 5.16 Å². The van der Waals surface area contributed by atoms with Crippen molar-refractivity contribution >= 4 is 6.21 Å². The van der Waals surface area contributed by atoms with Crippen molar-refractivity contribution in [3.05, 3.63) is 95.1 Å². The molecule has 3 aromatic carbocycles. The lowest BCUT2D eigenvalue weighted by atomic mass is 10.1. The first-order chi connectivity index (χ1) is 13.8. The van der Waals surface area contributed by atoms with Crippen LogP contribution in [0.25, 0.3) is 0 Å². The summed E-state index contributed by atoms with van der Waals surface area (Å²) >= 11 is 0. The monoisotopic (exact) mass is 372 g/mol. The minimum atomic E-state index is 0.230. The van der Waals surface area contributed by atoms with Crippen LogP contribution >= 0.6 is 0 Å². The zero-order chi connectivity index (χ0) is 19.6. The highest BCUT2D eigenvalue weighted by atomic mass is 16.6. The van der Waals surface area contributed by atoms with Gasteiger partial charge >= 0.3 is 0 Å². The Morgan fingerprint density at radius 2 is 1.71 bits per heavy atom. The maximum Gasteiger partial charge on any atom is 0.162 e. The van der Waals surface area contributed by atoms with E-state index in [4.69, 9.17) is 19.6 Å². The quantitative estimate of drug-likeness (QED) is 0.425. The van der Waals surface area contributed by atoms with E-state index in [0.717, 1.165) is 16.7 Å². The summed E-state index contributed by atoms with van der Waals surface area (Å²) in [5, 5.41) is 13.1. The Labute approximate surface area is 164 Å². The summed E-state index contributed by atoms with van der Waals surface area (Å²) in [5.74, 6) is 1.28. The molecule has 0 aliphatic carbocycles. The molecule has 0 aliphatic rings. The van der Waals surface area contributed by atoms with E-state index in [1.165, 1.54) is 0 Å². The lowest BCUT2D eigenvalue weighted by molar-refractivity contribution is 0.132. The van der Waals surface area contributed by atoms with Crippen molar-refractivity contribution in [1.29, 1.82) is 5.26 Å². The first-order valence-electron chi connectivity index (χ1n) is 8.78. The molecule has 0 amide bonds. The summed E-state index contributed by atoms with van der Waals surface area (Å²) in [6, 6.07) is 24.9. The van der Waals surface area contributed by atoms with Gasteiger partial charge in [0.2, 0.25) is 0 Å². The highest BCUT2D eigenvalue weighted by Gasteiger charge is 2.06. The van der Waals surface area contributed by atoms with E-state index in [2.05, 4.69) is 11.2 Å². The number of hydrogen-bond acceptors (Lipinski definition) is 5. The summed E-state index contributed by atoms with van der Waals surface area (Å²) in [4.78, 5) is 5.34. The molecule has 0 N–H and O–H groups in total. The average molecular weight is 372 g/mol. The number of nitriles is 1. The van der Waals surface area contributed by atoms with Gasteiger partial charge in [-0.1, -0.05) is 53.7 Å². The largest absolute Gasteiger partial charge is 0.493 e. The van der Waals surface area contributed by atoms with E-state index in [-0.39, 0.29) is 6.61 Å². The van der Waals surface area contributed by atoms with Crippen molar-refractivity contribution < 1.29 is 14.3 Å². The lowest BCUT2D eigenvalue weighted by Crippen LogP contribution is -1.98. The van der Waals surface area contributed by atoms with Crippen LogP contribution < -0.4 is 9.47 Å². The van der Waals surface area contributed by atoms with Crippen molar-refractivity contribution in [1.82, 2.24) is 0 Å². The summed E-state index contributed by atoms with van der Waals surface area (Å²) in [6.45, 7) is 0.674. The number of benzene rings is 3. The summed E-state index contributed by atoms with van der Waals surface area (Å²) in [7, 11) is 1.61. The van der Waals surface area contributed by atoms with Crippen LogP contribution in [0, 0.1) is 11.3 Å². The highest BCUT2D eigenvalue weighted by molar-refractivity contribution is 5.80. The molecule has 140 valence electrons. The third kappa shape index (κ3) is 5.12. The Balaban J connectivity index is 1.63. The number of nitrogens with zero attached hydrogens (tertiary/aromatic N) is 2. The molecule has 0 unspecified atom stereocenters. The van der Waals surface area contributed by atoms with Crippen LogP contribution in [0.5, 0.6) is 11.5 Å². The van der Waals surface area contributed by atoms with E-state index in [1.54, 1.807) is 19.4 Å². The Bertz CT molecular complexity index is 979. The molecule has 5 nitrogen and oxygen atoms in total. The molecule has 3 rings (SSSR count). The van der Waals surface area contributed by atoms with Gasteiger partial charge in [0.25, 0.3) is 0 Å². The normalized spacial score (nSPS) is 10.4. The molecule has 3 aromatic rings. The molecule has 0 heterocycles. The Hall–Kier alpha value is -3.78. The maximum absolute atomic E-state index is 9.10. The Kier molecular flexibility index (Phi) is 6.64. The zero-order valence-electron chi connectivity index (χ0n) is 15.5. The van der Waals surface area contributed by atoms with Crippen LogP contribution in [-0.4, -0.2) is 13.3 Å². The van der Waals surface area contributed by atoms with Gasteiger partial charge in [0.1, 0.15) is 13.2 Å². The van der Waals surface area contributed by atoms with Crippen LogP contribution in [0.4, 0.5) is 0 Å². The molecule has 0 atom stereocenters. The predicted molar refractivity (Wildman–Crippen MR) is 107 cm³/mol. The van der Waals surface area contributed by atoms with E-state index >= 15 is 0 Å². The summed E-state index contributed by atoms with van der Waals surface area (Å²) in [5.41, 5.74) is 3.27. The average Bonchev–Trinajstić information content (AvgIpc) is 2.76. The van der Waals surface area contributed by atoms with E-state index in [9.17, 15) is 0 Å². The predicted octanol–water partition coefficient (Wildman–Crippen LogP) is 4.70. The molecule has 0 aromatic heterocycles. The molecule has 0 fully saturated rings. The van der Waals surface area contributed by atoms with Crippen LogP contribution in [-0.2, 0) is 18.1 Å². The van der Waals surface area contributed by atoms with Gasteiger partial charge < -0.3 is 14.3 Å². The number of methoxy groups -OCH3 is 1. The second-order valence-corrected chi connectivity index (χ2v) is 5.96. The van der Waals surface area contributed by atoms with Gasteiger partial charge in [-0.3, -0.25) is 0 Å². The molecule has 0 spiro atoms. The maximum atomic E-state index is 9.10. The summed E-state index contributed by atoms with van der Waals surface area (Å²) in [6.07, 6.45) is 1.60. The molecule has 0 saturated carbocycles. The molecule has 0 saturated heterocycles. The van der Waals surface area contributed by atoms with E-state index < -0.39 is 0 Å². The fourth-order valence-corrected chi connectivity index (χ4v) is 2.58. The number of rotatable bonds is 8. The van der Waals surface area contributed by atoms with Gasteiger partial charge in [0, 0.05) is 11.1 Å². The van der Waals surface area contributed by atoms with Crippen LogP contribution in [0.3, 0.4) is 0 Å². The van der Waals surface area contributed by atoms with Gasteiger partial charge in [-0.2, -0.15) is 5.26 Å². The standard InChI is InChI=1S/C23H20N2O3/c1-26-22-12-11-19(13-23(22)27-16-18-7-3-2-4-8-18)15-25-28-17-21-10-6-5-9-20(21)14-24/h2-13,15H,16-17H2,1H3/b25-15-. The van der Waals surface area contributed by atoms with Gasteiger partial charge in [0.15, 0.2) is 11.5 Å². The van der Waals surface area contributed by atoms with Gasteiger partial charge in [-0.15, -0.1) is 0 Å². The molecule has 5 heteroatoms. The van der Waals surface area contributed by atoms with Gasteiger partial charge in [0.05, 0.1) is 25.0 Å². The first-order valence-corrected chi connectivity index (χ1v) is 8.78. The molecule has 28 heavy (non-hydrogen) atoms. The number of ether oxygens (including phenoxy) is 2. The van der Waals surface area contributed by atoms with Crippen LogP contribution in [0.2, 0.25) is 0 Å². The first kappa shape index (κ1) is 19.0. The van der Waals surface area contributed by atoms with Crippen molar-refractivity contribution in [2.75, 3.05) is 7.11 Å². The molecule has 0 aliphatic heterocycles. The lowest BCUT2D eigenvalue weighted by Gasteiger charge is -2.11. The Morgan fingerprint density at radius 1 is 0.929 bits per heavy atom.